The Morgan fingerprint density at radius 1 is 1.21 bits per heavy atom. The molecule has 0 atom stereocenters. The van der Waals surface area contributed by atoms with Gasteiger partial charge in [0.1, 0.15) is 0 Å². The second-order valence-electron chi connectivity index (χ2n) is 3.29. The highest BCUT2D eigenvalue weighted by Crippen LogP contribution is 2.19. The summed E-state index contributed by atoms with van der Waals surface area (Å²) < 4.78 is 0. The Morgan fingerprint density at radius 2 is 1.71 bits per heavy atom. The maximum Gasteiger partial charge on any atom is 0.150 e. The SMILES string of the molecule is CCc1cc(CBr)cc(CC)c1C=O. The molecule has 1 nitrogen and oxygen atoms in total. The number of halogens is 1. The molecule has 0 fully saturated rings. The molecule has 0 aromatic heterocycles. The van der Waals surface area contributed by atoms with Crippen molar-refractivity contribution in [1.29, 1.82) is 0 Å². The third kappa shape index (κ3) is 2.24. The molecule has 0 amide bonds. The summed E-state index contributed by atoms with van der Waals surface area (Å²) in [4.78, 5) is 11.0. The van der Waals surface area contributed by atoms with E-state index in [1.807, 2.05) is 0 Å². The Bertz CT molecular complexity index is 306. The molecule has 0 spiro atoms. The fourth-order valence-electron chi connectivity index (χ4n) is 1.66. The van der Waals surface area contributed by atoms with Crippen molar-refractivity contribution in [2.24, 2.45) is 0 Å². The van der Waals surface area contributed by atoms with E-state index in [1.165, 1.54) is 5.56 Å². The number of carbonyl (C=O) groups excluding carboxylic acids is 1. The second-order valence-corrected chi connectivity index (χ2v) is 3.85. The number of alkyl halides is 1. The molecular weight excluding hydrogens is 240 g/mol. The molecule has 2 heteroatoms. The molecule has 0 saturated heterocycles. The van der Waals surface area contributed by atoms with Crippen LogP contribution in [0.2, 0.25) is 0 Å². The molecule has 0 saturated carbocycles. The van der Waals surface area contributed by atoms with Crippen molar-refractivity contribution in [2.75, 3.05) is 0 Å². The van der Waals surface area contributed by atoms with Crippen LogP contribution in [0, 0.1) is 0 Å². The lowest BCUT2D eigenvalue weighted by molar-refractivity contribution is 0.112. The van der Waals surface area contributed by atoms with E-state index in [0.717, 1.165) is 41.1 Å². The molecule has 0 aliphatic heterocycles. The van der Waals surface area contributed by atoms with Gasteiger partial charge in [0.05, 0.1) is 0 Å². The van der Waals surface area contributed by atoms with Gasteiger partial charge in [-0.1, -0.05) is 41.9 Å². The summed E-state index contributed by atoms with van der Waals surface area (Å²) >= 11 is 3.44. The van der Waals surface area contributed by atoms with Gasteiger partial charge in [0.15, 0.2) is 6.29 Å². The maximum atomic E-state index is 11.0. The normalized spacial score (nSPS) is 10.2. The molecule has 0 radical (unpaired) electrons. The lowest BCUT2D eigenvalue weighted by Gasteiger charge is -2.10. The molecule has 0 unspecified atom stereocenters. The molecule has 76 valence electrons. The Kier molecular flexibility index (Phi) is 4.33. The number of hydrogen-bond donors (Lipinski definition) is 0. The highest BCUT2D eigenvalue weighted by Gasteiger charge is 2.07. The zero-order chi connectivity index (χ0) is 10.6. The first-order valence-electron chi connectivity index (χ1n) is 4.92. The van der Waals surface area contributed by atoms with E-state index in [9.17, 15) is 4.79 Å². The third-order valence-electron chi connectivity index (χ3n) is 2.45. The van der Waals surface area contributed by atoms with Crippen LogP contribution in [0.1, 0.15) is 40.9 Å². The fourth-order valence-corrected chi connectivity index (χ4v) is 1.99. The van der Waals surface area contributed by atoms with E-state index < -0.39 is 0 Å². The van der Waals surface area contributed by atoms with Gasteiger partial charge in [0, 0.05) is 10.9 Å². The Labute approximate surface area is 93.7 Å². The van der Waals surface area contributed by atoms with Crippen LogP contribution < -0.4 is 0 Å². The largest absolute Gasteiger partial charge is 0.298 e. The summed E-state index contributed by atoms with van der Waals surface area (Å²) in [6.07, 6.45) is 2.82. The van der Waals surface area contributed by atoms with E-state index in [-0.39, 0.29) is 0 Å². The van der Waals surface area contributed by atoms with Crippen LogP contribution in [0.4, 0.5) is 0 Å². The molecule has 0 heterocycles. The Morgan fingerprint density at radius 3 is 2.00 bits per heavy atom. The van der Waals surface area contributed by atoms with Crippen molar-refractivity contribution in [2.45, 2.75) is 32.0 Å². The van der Waals surface area contributed by atoms with Gasteiger partial charge in [-0.3, -0.25) is 4.79 Å². The monoisotopic (exact) mass is 254 g/mol. The van der Waals surface area contributed by atoms with E-state index in [2.05, 4.69) is 41.9 Å². The summed E-state index contributed by atoms with van der Waals surface area (Å²) in [5.74, 6) is 0. The first-order valence-corrected chi connectivity index (χ1v) is 6.04. The number of hydrogen-bond acceptors (Lipinski definition) is 1. The summed E-state index contributed by atoms with van der Waals surface area (Å²) in [7, 11) is 0. The molecular formula is C12H15BrO. The first-order chi connectivity index (χ1) is 6.76. The molecule has 0 bridgehead atoms. The number of benzene rings is 1. The topological polar surface area (TPSA) is 17.1 Å². The molecule has 0 N–H and O–H groups in total. The molecule has 0 aliphatic carbocycles. The van der Waals surface area contributed by atoms with Gasteiger partial charge in [-0.25, -0.2) is 0 Å². The van der Waals surface area contributed by atoms with E-state index in [4.69, 9.17) is 0 Å². The zero-order valence-corrected chi connectivity index (χ0v) is 10.2. The van der Waals surface area contributed by atoms with Gasteiger partial charge in [-0.15, -0.1) is 0 Å². The van der Waals surface area contributed by atoms with E-state index >= 15 is 0 Å². The number of rotatable bonds is 4. The van der Waals surface area contributed by atoms with Gasteiger partial charge in [-0.05, 0) is 29.5 Å². The third-order valence-corrected chi connectivity index (χ3v) is 3.09. The number of carbonyl (C=O) groups is 1. The lowest BCUT2D eigenvalue weighted by atomic mass is 9.96. The number of aldehydes is 1. The van der Waals surface area contributed by atoms with Gasteiger partial charge in [0.2, 0.25) is 0 Å². The van der Waals surface area contributed by atoms with Crippen LogP contribution in [0.5, 0.6) is 0 Å². The van der Waals surface area contributed by atoms with Crippen molar-refractivity contribution >= 4 is 22.2 Å². The van der Waals surface area contributed by atoms with Crippen molar-refractivity contribution in [3.63, 3.8) is 0 Å². The van der Waals surface area contributed by atoms with Crippen molar-refractivity contribution in [3.8, 4) is 0 Å². The highest BCUT2D eigenvalue weighted by molar-refractivity contribution is 9.08. The molecule has 0 aliphatic rings. The Hall–Kier alpha value is -0.630. The first kappa shape index (κ1) is 11.4. The van der Waals surface area contributed by atoms with Crippen LogP contribution in [-0.4, -0.2) is 6.29 Å². The molecule has 1 aromatic carbocycles. The summed E-state index contributed by atoms with van der Waals surface area (Å²) in [6, 6.07) is 4.22. The quantitative estimate of drug-likeness (QED) is 0.594. The fraction of sp³-hybridized carbons (Fsp3) is 0.417. The van der Waals surface area contributed by atoms with Crippen LogP contribution in [0.15, 0.2) is 12.1 Å². The van der Waals surface area contributed by atoms with Gasteiger partial charge in [-0.2, -0.15) is 0 Å². The Balaban J connectivity index is 3.31. The average Bonchev–Trinajstić information content (AvgIpc) is 2.26. The lowest BCUT2D eigenvalue weighted by Crippen LogP contribution is -1.99. The predicted molar refractivity (Wildman–Crippen MR) is 63.2 cm³/mol. The number of aryl methyl sites for hydroxylation is 2. The molecule has 1 aromatic rings. The van der Waals surface area contributed by atoms with Crippen LogP contribution in [-0.2, 0) is 18.2 Å². The average molecular weight is 255 g/mol. The molecule has 1 rings (SSSR count). The van der Waals surface area contributed by atoms with Gasteiger partial charge >= 0.3 is 0 Å². The standard InChI is InChI=1S/C12H15BrO/c1-3-10-5-9(7-13)6-11(4-2)12(10)8-14/h5-6,8H,3-4,7H2,1-2H3. The predicted octanol–water partition coefficient (Wildman–Crippen LogP) is 3.52. The van der Waals surface area contributed by atoms with Crippen LogP contribution in [0.3, 0.4) is 0 Å². The van der Waals surface area contributed by atoms with Gasteiger partial charge < -0.3 is 0 Å². The van der Waals surface area contributed by atoms with Crippen LogP contribution >= 0.6 is 15.9 Å². The van der Waals surface area contributed by atoms with Crippen molar-refractivity contribution < 1.29 is 4.79 Å². The maximum absolute atomic E-state index is 11.0. The van der Waals surface area contributed by atoms with Crippen molar-refractivity contribution in [3.05, 3.63) is 34.4 Å². The summed E-state index contributed by atoms with van der Waals surface area (Å²) in [6.45, 7) is 4.17. The van der Waals surface area contributed by atoms with Gasteiger partial charge in [0.25, 0.3) is 0 Å². The van der Waals surface area contributed by atoms with E-state index in [1.54, 1.807) is 0 Å². The van der Waals surface area contributed by atoms with Crippen LogP contribution in [0.25, 0.3) is 0 Å². The molecule has 14 heavy (non-hydrogen) atoms. The second kappa shape index (κ2) is 5.30. The van der Waals surface area contributed by atoms with Crippen molar-refractivity contribution in [1.82, 2.24) is 0 Å². The van der Waals surface area contributed by atoms with E-state index in [0.29, 0.717) is 0 Å². The highest BCUT2D eigenvalue weighted by atomic mass is 79.9. The summed E-state index contributed by atoms with van der Waals surface area (Å²) in [5, 5.41) is 0.853. The minimum Gasteiger partial charge on any atom is -0.298 e. The zero-order valence-electron chi connectivity index (χ0n) is 8.64. The summed E-state index contributed by atoms with van der Waals surface area (Å²) in [5.41, 5.74) is 4.46. The minimum atomic E-state index is 0.853. The smallest absolute Gasteiger partial charge is 0.150 e. The minimum absolute atomic E-state index is 0.853.